The monoisotopic (exact) mass is 217 g/mol. The lowest BCUT2D eigenvalue weighted by Gasteiger charge is -2.32. The Labute approximate surface area is 99.9 Å². The lowest BCUT2D eigenvalue weighted by Crippen LogP contribution is -2.22. The summed E-state index contributed by atoms with van der Waals surface area (Å²) in [5.41, 5.74) is 4.20. The molecule has 16 heavy (non-hydrogen) atoms. The van der Waals surface area contributed by atoms with E-state index in [0.717, 1.165) is 32.1 Å². The van der Waals surface area contributed by atoms with Crippen LogP contribution in [0.25, 0.3) is 0 Å². The number of allylic oxidation sites excluding steroid dienone is 4. The Morgan fingerprint density at radius 3 is 2.56 bits per heavy atom. The Morgan fingerprint density at radius 2 is 2.06 bits per heavy atom. The van der Waals surface area contributed by atoms with Crippen molar-refractivity contribution in [3.05, 3.63) is 22.8 Å². The molecule has 0 fully saturated rings. The van der Waals surface area contributed by atoms with Gasteiger partial charge in [-0.15, -0.1) is 0 Å². The van der Waals surface area contributed by atoms with E-state index in [1.165, 1.54) is 16.7 Å². The zero-order valence-electron chi connectivity index (χ0n) is 11.1. The third kappa shape index (κ3) is 3.23. The molecular weight excluding hydrogens is 194 g/mol. The molecule has 0 aromatic rings. The second kappa shape index (κ2) is 5.34. The molecule has 0 bridgehead atoms. The molecule has 0 unspecified atom stereocenters. The van der Waals surface area contributed by atoms with Gasteiger partial charge in [-0.05, 0) is 59.8 Å². The van der Waals surface area contributed by atoms with Crippen molar-refractivity contribution < 1.29 is 0 Å². The minimum Gasteiger partial charge on any atom is -0.198 e. The van der Waals surface area contributed by atoms with E-state index in [1.807, 2.05) is 0 Å². The fraction of sp³-hybridized carbons (Fsp3) is 0.667. The molecule has 0 saturated heterocycles. The van der Waals surface area contributed by atoms with E-state index in [0.29, 0.717) is 0 Å². The molecule has 0 N–H and O–H groups in total. The molecule has 1 nitrogen and oxygen atoms in total. The Hall–Kier alpha value is -1.03. The van der Waals surface area contributed by atoms with Gasteiger partial charge in [-0.25, -0.2) is 0 Å². The van der Waals surface area contributed by atoms with Crippen LogP contribution in [0.2, 0.25) is 0 Å². The Balaban J connectivity index is 2.68. The summed E-state index contributed by atoms with van der Waals surface area (Å²) in [6.07, 6.45) is 7.44. The molecule has 0 aromatic carbocycles. The number of nitrogens with zero attached hydrogens (tertiary/aromatic N) is 1. The maximum absolute atomic E-state index is 9.42. The van der Waals surface area contributed by atoms with Crippen LogP contribution in [0.3, 0.4) is 0 Å². The van der Waals surface area contributed by atoms with E-state index in [2.05, 4.69) is 39.8 Å². The maximum Gasteiger partial charge on any atom is 0.0693 e. The van der Waals surface area contributed by atoms with E-state index in [9.17, 15) is 5.26 Å². The van der Waals surface area contributed by atoms with Crippen LogP contribution in [0.4, 0.5) is 0 Å². The average molecular weight is 217 g/mol. The first kappa shape index (κ1) is 13.0. The normalized spacial score (nSPS) is 25.2. The minimum absolute atomic E-state index is 0.0878. The van der Waals surface area contributed by atoms with Gasteiger partial charge in [-0.1, -0.05) is 22.8 Å². The molecule has 0 radical (unpaired) electrons. The van der Waals surface area contributed by atoms with Crippen LogP contribution in [0.1, 0.15) is 59.8 Å². The highest BCUT2D eigenvalue weighted by Crippen LogP contribution is 2.42. The van der Waals surface area contributed by atoms with Crippen molar-refractivity contribution in [3.63, 3.8) is 0 Å². The fourth-order valence-electron chi connectivity index (χ4n) is 2.39. The predicted molar refractivity (Wildman–Crippen MR) is 68.9 cm³/mol. The van der Waals surface area contributed by atoms with Gasteiger partial charge in [0.25, 0.3) is 0 Å². The summed E-state index contributed by atoms with van der Waals surface area (Å²) in [4.78, 5) is 0. The first-order valence-electron chi connectivity index (χ1n) is 6.19. The predicted octanol–water partition coefficient (Wildman–Crippen LogP) is 4.76. The summed E-state index contributed by atoms with van der Waals surface area (Å²) >= 11 is 0. The second-order valence-corrected chi connectivity index (χ2v) is 5.45. The molecule has 1 rings (SSSR count). The Morgan fingerprint density at radius 1 is 1.38 bits per heavy atom. The van der Waals surface area contributed by atoms with Gasteiger partial charge in [0.2, 0.25) is 0 Å². The second-order valence-electron chi connectivity index (χ2n) is 5.45. The smallest absolute Gasteiger partial charge is 0.0693 e. The van der Waals surface area contributed by atoms with Crippen molar-refractivity contribution >= 4 is 0 Å². The molecule has 1 heteroatoms. The average Bonchev–Trinajstić information content (AvgIpc) is 2.23. The highest BCUT2D eigenvalue weighted by molar-refractivity contribution is 5.21. The quantitative estimate of drug-likeness (QED) is 0.625. The van der Waals surface area contributed by atoms with Crippen LogP contribution >= 0.6 is 0 Å². The zero-order chi connectivity index (χ0) is 12.2. The number of hydrogen-bond donors (Lipinski definition) is 0. The van der Waals surface area contributed by atoms with Crippen molar-refractivity contribution in [1.29, 1.82) is 5.26 Å². The molecule has 0 amide bonds. The highest BCUT2D eigenvalue weighted by atomic mass is 14.4. The van der Waals surface area contributed by atoms with E-state index < -0.39 is 0 Å². The van der Waals surface area contributed by atoms with Gasteiger partial charge in [0, 0.05) is 0 Å². The minimum atomic E-state index is -0.0878. The summed E-state index contributed by atoms with van der Waals surface area (Å²) in [5.74, 6) is 0. The number of hydrogen-bond acceptors (Lipinski definition) is 1. The fourth-order valence-corrected chi connectivity index (χ4v) is 2.39. The third-order valence-electron chi connectivity index (χ3n) is 3.72. The highest BCUT2D eigenvalue weighted by Gasteiger charge is 2.32. The van der Waals surface area contributed by atoms with Gasteiger partial charge in [0.05, 0.1) is 11.5 Å². The van der Waals surface area contributed by atoms with Crippen LogP contribution in [-0.2, 0) is 0 Å². The SMILES string of the molecule is CC(C)=CCC[C@@]1(C#N)CCC(C)=C(C)C1. The molecule has 1 aliphatic rings. The summed E-state index contributed by atoms with van der Waals surface area (Å²) in [6, 6.07) is 2.58. The van der Waals surface area contributed by atoms with E-state index in [-0.39, 0.29) is 5.41 Å². The molecule has 0 spiro atoms. The van der Waals surface area contributed by atoms with Gasteiger partial charge >= 0.3 is 0 Å². The van der Waals surface area contributed by atoms with Crippen molar-refractivity contribution in [2.45, 2.75) is 59.8 Å². The molecule has 0 aromatic heterocycles. The van der Waals surface area contributed by atoms with Crippen LogP contribution in [0.5, 0.6) is 0 Å². The van der Waals surface area contributed by atoms with Gasteiger partial charge in [0.15, 0.2) is 0 Å². The van der Waals surface area contributed by atoms with Crippen LogP contribution < -0.4 is 0 Å². The Bertz CT molecular complexity index is 350. The van der Waals surface area contributed by atoms with Crippen molar-refractivity contribution in [3.8, 4) is 6.07 Å². The van der Waals surface area contributed by atoms with E-state index >= 15 is 0 Å². The first-order valence-corrected chi connectivity index (χ1v) is 6.19. The van der Waals surface area contributed by atoms with Crippen molar-refractivity contribution in [1.82, 2.24) is 0 Å². The standard InChI is InChI=1S/C15H23N/c1-12(2)6-5-8-15(11-16)9-7-13(3)14(4)10-15/h6H,5,7-10H2,1-4H3/t15-/m1/s1. The van der Waals surface area contributed by atoms with E-state index in [1.54, 1.807) is 0 Å². The van der Waals surface area contributed by atoms with Crippen molar-refractivity contribution in [2.75, 3.05) is 0 Å². The first-order chi connectivity index (χ1) is 7.49. The lowest BCUT2D eigenvalue weighted by molar-refractivity contribution is 0.317. The maximum atomic E-state index is 9.42. The third-order valence-corrected chi connectivity index (χ3v) is 3.72. The lowest BCUT2D eigenvalue weighted by atomic mass is 9.70. The molecule has 1 aliphatic carbocycles. The zero-order valence-corrected chi connectivity index (χ0v) is 11.1. The molecular formula is C15H23N. The van der Waals surface area contributed by atoms with Gasteiger partial charge in [-0.3, -0.25) is 0 Å². The molecule has 1 atom stereocenters. The van der Waals surface area contributed by atoms with Crippen LogP contribution in [0.15, 0.2) is 22.8 Å². The summed E-state index contributed by atoms with van der Waals surface area (Å²) in [7, 11) is 0. The summed E-state index contributed by atoms with van der Waals surface area (Å²) in [6.45, 7) is 8.62. The number of nitriles is 1. The van der Waals surface area contributed by atoms with Crippen LogP contribution in [-0.4, -0.2) is 0 Å². The molecule has 0 saturated carbocycles. The molecule has 88 valence electrons. The largest absolute Gasteiger partial charge is 0.198 e. The topological polar surface area (TPSA) is 23.8 Å². The van der Waals surface area contributed by atoms with Crippen molar-refractivity contribution in [2.24, 2.45) is 5.41 Å². The number of rotatable bonds is 3. The summed E-state index contributed by atoms with van der Waals surface area (Å²) in [5, 5.41) is 9.42. The molecule has 0 heterocycles. The van der Waals surface area contributed by atoms with Crippen LogP contribution in [0, 0.1) is 16.7 Å². The van der Waals surface area contributed by atoms with Gasteiger partial charge < -0.3 is 0 Å². The van der Waals surface area contributed by atoms with E-state index in [4.69, 9.17) is 0 Å². The molecule has 0 aliphatic heterocycles. The van der Waals surface area contributed by atoms with Gasteiger partial charge in [0.1, 0.15) is 0 Å². The summed E-state index contributed by atoms with van der Waals surface area (Å²) < 4.78 is 0. The van der Waals surface area contributed by atoms with Gasteiger partial charge in [-0.2, -0.15) is 5.26 Å². The Kier molecular flexibility index (Phi) is 4.35.